The van der Waals surface area contributed by atoms with Gasteiger partial charge in [0.2, 0.25) is 10.0 Å². The lowest BCUT2D eigenvalue weighted by Crippen LogP contribution is -2.30. The van der Waals surface area contributed by atoms with Gasteiger partial charge in [0.15, 0.2) is 0 Å². The number of hydrogen-bond donors (Lipinski definition) is 0. The Bertz CT molecular complexity index is 617. The van der Waals surface area contributed by atoms with Gasteiger partial charge in [-0.15, -0.1) is 0 Å². The number of fused-ring (bicyclic) bond motifs is 1. The summed E-state index contributed by atoms with van der Waals surface area (Å²) in [6, 6.07) is 9.38. The van der Waals surface area contributed by atoms with Gasteiger partial charge in [-0.05, 0) is 17.9 Å². The molecular weight excluding hydrogens is 258 g/mol. The number of nitrogens with zero attached hydrogens (tertiary/aromatic N) is 1. The summed E-state index contributed by atoms with van der Waals surface area (Å²) >= 11 is 0. The lowest BCUT2D eigenvalue weighted by molar-refractivity contribution is 0.457. The maximum atomic E-state index is 12.4. The van der Waals surface area contributed by atoms with Crippen molar-refractivity contribution >= 4 is 10.0 Å². The molecule has 1 aromatic rings. The van der Waals surface area contributed by atoms with E-state index in [0.29, 0.717) is 19.0 Å². The zero-order valence-corrected chi connectivity index (χ0v) is 11.5. The van der Waals surface area contributed by atoms with Gasteiger partial charge in [-0.1, -0.05) is 54.1 Å². The molecule has 0 radical (unpaired) electrons. The van der Waals surface area contributed by atoms with Crippen molar-refractivity contribution in [1.29, 1.82) is 0 Å². The molecule has 100 valence electrons. The van der Waals surface area contributed by atoms with Gasteiger partial charge >= 0.3 is 0 Å². The first-order valence-corrected chi connectivity index (χ1v) is 8.13. The SMILES string of the molecule is O=S(=O)(Cc1ccccc1)N1CC2=CC=CCC2C1. The molecule has 0 spiro atoms. The molecule has 0 amide bonds. The van der Waals surface area contributed by atoms with E-state index < -0.39 is 10.0 Å². The lowest BCUT2D eigenvalue weighted by Gasteiger charge is -2.15. The highest BCUT2D eigenvalue weighted by atomic mass is 32.2. The number of rotatable bonds is 3. The Kier molecular flexibility index (Phi) is 3.29. The summed E-state index contributed by atoms with van der Waals surface area (Å²) in [5.74, 6) is 0.483. The maximum absolute atomic E-state index is 12.4. The summed E-state index contributed by atoms with van der Waals surface area (Å²) in [7, 11) is -3.21. The lowest BCUT2D eigenvalue weighted by atomic mass is 9.95. The standard InChI is InChI=1S/C15H17NO2S/c17-19(18,12-13-6-2-1-3-7-13)16-10-14-8-4-5-9-15(14)11-16/h1-8,15H,9-12H2. The Balaban J connectivity index is 1.76. The predicted octanol–water partition coefficient (Wildman–Crippen LogP) is 2.33. The molecule has 3 rings (SSSR count). The van der Waals surface area contributed by atoms with Crippen molar-refractivity contribution in [3.8, 4) is 0 Å². The number of allylic oxidation sites excluding steroid dienone is 3. The molecule has 1 aliphatic carbocycles. The molecule has 2 aliphatic rings. The van der Waals surface area contributed by atoms with Crippen LogP contribution in [0.25, 0.3) is 0 Å². The summed E-state index contributed by atoms with van der Waals surface area (Å²) < 4.78 is 26.5. The third kappa shape index (κ3) is 2.65. The van der Waals surface area contributed by atoms with E-state index in [0.717, 1.165) is 12.0 Å². The summed E-state index contributed by atoms with van der Waals surface area (Å²) in [6.45, 7) is 1.19. The molecule has 3 nitrogen and oxygen atoms in total. The zero-order valence-electron chi connectivity index (χ0n) is 10.7. The second-order valence-electron chi connectivity index (χ2n) is 5.14. The fourth-order valence-corrected chi connectivity index (χ4v) is 4.25. The average Bonchev–Trinajstić information content (AvgIpc) is 2.84. The molecule has 4 heteroatoms. The van der Waals surface area contributed by atoms with Crippen LogP contribution in [0, 0.1) is 5.92 Å². The van der Waals surface area contributed by atoms with Crippen LogP contribution in [0.3, 0.4) is 0 Å². The predicted molar refractivity (Wildman–Crippen MR) is 76.0 cm³/mol. The molecule has 1 aromatic carbocycles. The summed E-state index contributed by atoms with van der Waals surface area (Å²) in [6.07, 6.45) is 7.16. The summed E-state index contributed by atoms with van der Waals surface area (Å²) in [4.78, 5) is 0. The highest BCUT2D eigenvalue weighted by molar-refractivity contribution is 7.88. The van der Waals surface area contributed by atoms with Crippen molar-refractivity contribution in [2.24, 2.45) is 5.92 Å². The third-order valence-electron chi connectivity index (χ3n) is 3.76. The Labute approximate surface area is 114 Å². The van der Waals surface area contributed by atoms with Gasteiger partial charge in [0.25, 0.3) is 0 Å². The Morgan fingerprint density at radius 2 is 2.00 bits per heavy atom. The van der Waals surface area contributed by atoms with Crippen molar-refractivity contribution in [3.05, 3.63) is 59.7 Å². The minimum absolute atomic E-state index is 0.0985. The molecule has 1 unspecified atom stereocenters. The van der Waals surface area contributed by atoms with Gasteiger partial charge in [-0.2, -0.15) is 4.31 Å². The highest BCUT2D eigenvalue weighted by Crippen LogP contribution is 2.31. The van der Waals surface area contributed by atoms with Crippen molar-refractivity contribution in [2.45, 2.75) is 12.2 Å². The molecule has 1 heterocycles. The van der Waals surface area contributed by atoms with Gasteiger partial charge in [0.1, 0.15) is 0 Å². The average molecular weight is 275 g/mol. The maximum Gasteiger partial charge on any atom is 0.218 e. The number of hydrogen-bond acceptors (Lipinski definition) is 2. The second-order valence-corrected chi connectivity index (χ2v) is 7.11. The second kappa shape index (κ2) is 4.94. The number of sulfonamides is 1. The molecule has 1 aliphatic heterocycles. The zero-order chi connectivity index (χ0) is 13.3. The van der Waals surface area contributed by atoms with Crippen LogP contribution >= 0.6 is 0 Å². The topological polar surface area (TPSA) is 37.4 Å². The fourth-order valence-electron chi connectivity index (χ4n) is 2.70. The van der Waals surface area contributed by atoms with Crippen molar-refractivity contribution in [1.82, 2.24) is 4.31 Å². The first kappa shape index (κ1) is 12.6. The molecular formula is C15H17NO2S. The first-order chi connectivity index (χ1) is 9.15. The van der Waals surface area contributed by atoms with E-state index in [-0.39, 0.29) is 5.75 Å². The van der Waals surface area contributed by atoms with Crippen molar-refractivity contribution in [2.75, 3.05) is 13.1 Å². The van der Waals surface area contributed by atoms with Crippen LogP contribution in [0.5, 0.6) is 0 Å². The van der Waals surface area contributed by atoms with E-state index in [2.05, 4.69) is 12.2 Å². The highest BCUT2D eigenvalue weighted by Gasteiger charge is 2.34. The van der Waals surface area contributed by atoms with E-state index in [4.69, 9.17) is 0 Å². The van der Waals surface area contributed by atoms with Gasteiger partial charge in [-0.25, -0.2) is 8.42 Å². The largest absolute Gasteiger partial charge is 0.218 e. The molecule has 0 aromatic heterocycles. The van der Waals surface area contributed by atoms with Crippen LogP contribution in [0.15, 0.2) is 54.1 Å². The third-order valence-corrected chi connectivity index (χ3v) is 5.52. The molecule has 0 bridgehead atoms. The molecule has 1 saturated heterocycles. The van der Waals surface area contributed by atoms with E-state index >= 15 is 0 Å². The normalized spacial score (nSPS) is 23.2. The molecule has 1 fully saturated rings. The minimum atomic E-state index is -3.21. The Morgan fingerprint density at radius 3 is 2.74 bits per heavy atom. The molecule has 19 heavy (non-hydrogen) atoms. The van der Waals surface area contributed by atoms with Crippen LogP contribution in [-0.4, -0.2) is 25.8 Å². The molecule has 0 N–H and O–H groups in total. The Morgan fingerprint density at radius 1 is 1.21 bits per heavy atom. The Hall–Kier alpha value is -1.39. The van der Waals surface area contributed by atoms with Crippen molar-refractivity contribution < 1.29 is 8.42 Å². The van der Waals surface area contributed by atoms with Crippen LogP contribution in [0.1, 0.15) is 12.0 Å². The van der Waals surface area contributed by atoms with Crippen LogP contribution in [0.4, 0.5) is 0 Å². The van der Waals surface area contributed by atoms with Gasteiger partial charge in [0, 0.05) is 13.1 Å². The van der Waals surface area contributed by atoms with Crippen molar-refractivity contribution in [3.63, 3.8) is 0 Å². The van der Waals surface area contributed by atoms with Gasteiger partial charge in [-0.3, -0.25) is 0 Å². The van der Waals surface area contributed by atoms with Crippen LogP contribution in [0.2, 0.25) is 0 Å². The smallest absolute Gasteiger partial charge is 0.212 e. The minimum Gasteiger partial charge on any atom is -0.212 e. The van der Waals surface area contributed by atoms with E-state index in [1.165, 1.54) is 5.57 Å². The number of benzene rings is 1. The summed E-state index contributed by atoms with van der Waals surface area (Å²) in [5, 5.41) is 0. The van der Waals surface area contributed by atoms with E-state index in [1.807, 2.05) is 36.4 Å². The van der Waals surface area contributed by atoms with Crippen LogP contribution in [-0.2, 0) is 15.8 Å². The van der Waals surface area contributed by atoms with E-state index in [9.17, 15) is 8.42 Å². The quantitative estimate of drug-likeness (QED) is 0.849. The first-order valence-electron chi connectivity index (χ1n) is 6.52. The molecule has 1 atom stereocenters. The van der Waals surface area contributed by atoms with Gasteiger partial charge in [0.05, 0.1) is 5.75 Å². The summed E-state index contributed by atoms with van der Waals surface area (Å²) in [5.41, 5.74) is 2.10. The monoisotopic (exact) mass is 275 g/mol. The van der Waals surface area contributed by atoms with Crippen LogP contribution < -0.4 is 0 Å². The fraction of sp³-hybridized carbons (Fsp3) is 0.333. The molecule has 0 saturated carbocycles. The van der Waals surface area contributed by atoms with E-state index in [1.54, 1.807) is 4.31 Å². The van der Waals surface area contributed by atoms with Gasteiger partial charge < -0.3 is 0 Å².